The fourth-order valence-corrected chi connectivity index (χ4v) is 4.39. The molecule has 3 nitrogen and oxygen atoms in total. The van der Waals surface area contributed by atoms with E-state index in [9.17, 15) is 8.42 Å². The molecular formula is C13H19NO2S. The third-order valence-electron chi connectivity index (χ3n) is 3.47. The monoisotopic (exact) mass is 253 g/mol. The molecule has 2 rings (SSSR count). The van der Waals surface area contributed by atoms with Crippen LogP contribution in [0, 0.1) is 6.92 Å². The van der Waals surface area contributed by atoms with Gasteiger partial charge in [-0.2, -0.15) is 0 Å². The fraction of sp³-hybridized carbons (Fsp3) is 0.538. The van der Waals surface area contributed by atoms with E-state index >= 15 is 0 Å². The summed E-state index contributed by atoms with van der Waals surface area (Å²) in [6.45, 7) is 4.80. The Balaban J connectivity index is 2.02. The molecule has 1 saturated heterocycles. The second kappa shape index (κ2) is 4.42. The van der Waals surface area contributed by atoms with Gasteiger partial charge in [0.2, 0.25) is 0 Å². The highest BCUT2D eigenvalue weighted by molar-refractivity contribution is 7.91. The predicted molar refractivity (Wildman–Crippen MR) is 69.7 cm³/mol. The quantitative estimate of drug-likeness (QED) is 0.891. The Hall–Kier alpha value is -0.870. The third kappa shape index (κ3) is 3.07. The van der Waals surface area contributed by atoms with E-state index in [0.717, 1.165) is 6.54 Å². The van der Waals surface area contributed by atoms with Gasteiger partial charge in [0.15, 0.2) is 9.84 Å². The summed E-state index contributed by atoms with van der Waals surface area (Å²) >= 11 is 0. The molecule has 0 bridgehead atoms. The SMILES string of the molecule is Cc1ccccc1CNC1(C)CCS(=O)(=O)C1. The van der Waals surface area contributed by atoms with E-state index in [-0.39, 0.29) is 11.3 Å². The molecule has 0 amide bonds. The first-order chi connectivity index (χ1) is 7.90. The zero-order valence-corrected chi connectivity index (χ0v) is 11.2. The normalized spacial score (nSPS) is 27.2. The number of rotatable bonds is 3. The van der Waals surface area contributed by atoms with E-state index in [2.05, 4.69) is 24.4 Å². The summed E-state index contributed by atoms with van der Waals surface area (Å²) in [7, 11) is -2.83. The first kappa shape index (κ1) is 12.6. The van der Waals surface area contributed by atoms with Crippen LogP contribution in [0.2, 0.25) is 0 Å². The molecule has 94 valence electrons. The minimum atomic E-state index is -2.83. The zero-order chi connectivity index (χ0) is 12.5. The topological polar surface area (TPSA) is 46.2 Å². The van der Waals surface area contributed by atoms with Gasteiger partial charge < -0.3 is 5.32 Å². The molecular weight excluding hydrogens is 234 g/mol. The van der Waals surface area contributed by atoms with Gasteiger partial charge in [-0.05, 0) is 31.4 Å². The number of nitrogens with one attached hydrogen (secondary N) is 1. The van der Waals surface area contributed by atoms with Crippen molar-refractivity contribution in [2.75, 3.05) is 11.5 Å². The van der Waals surface area contributed by atoms with Gasteiger partial charge in [-0.15, -0.1) is 0 Å². The molecule has 0 radical (unpaired) electrons. The molecule has 17 heavy (non-hydrogen) atoms. The number of sulfone groups is 1. The lowest BCUT2D eigenvalue weighted by molar-refractivity contribution is 0.395. The van der Waals surface area contributed by atoms with Crippen LogP contribution in [0.25, 0.3) is 0 Å². The average molecular weight is 253 g/mol. The molecule has 1 N–H and O–H groups in total. The molecule has 0 saturated carbocycles. The number of aryl methyl sites for hydroxylation is 1. The second-order valence-electron chi connectivity index (χ2n) is 5.18. The van der Waals surface area contributed by atoms with Crippen molar-refractivity contribution in [1.29, 1.82) is 0 Å². The van der Waals surface area contributed by atoms with Crippen LogP contribution in [0.15, 0.2) is 24.3 Å². The Morgan fingerprint density at radius 1 is 1.35 bits per heavy atom. The Kier molecular flexibility index (Phi) is 3.27. The lowest BCUT2D eigenvalue weighted by Gasteiger charge is -2.24. The largest absolute Gasteiger partial charge is 0.306 e. The molecule has 1 unspecified atom stereocenters. The standard InChI is InChI=1S/C13H19NO2S/c1-11-5-3-4-6-12(11)9-14-13(2)7-8-17(15,16)10-13/h3-6,14H,7-10H2,1-2H3. The van der Waals surface area contributed by atoms with Crippen LogP contribution in [-0.4, -0.2) is 25.5 Å². The van der Waals surface area contributed by atoms with Crippen molar-refractivity contribution in [3.63, 3.8) is 0 Å². The van der Waals surface area contributed by atoms with Crippen molar-refractivity contribution in [2.45, 2.75) is 32.4 Å². The molecule has 1 aromatic rings. The molecule has 1 aromatic carbocycles. The maximum Gasteiger partial charge on any atom is 0.152 e. The van der Waals surface area contributed by atoms with Crippen LogP contribution in [0.4, 0.5) is 0 Å². The summed E-state index contributed by atoms with van der Waals surface area (Å²) in [4.78, 5) is 0. The van der Waals surface area contributed by atoms with E-state index in [1.165, 1.54) is 11.1 Å². The van der Waals surface area contributed by atoms with Crippen LogP contribution in [0.1, 0.15) is 24.5 Å². The zero-order valence-electron chi connectivity index (χ0n) is 10.4. The van der Waals surface area contributed by atoms with Gasteiger partial charge in [-0.1, -0.05) is 24.3 Å². The average Bonchev–Trinajstić information content (AvgIpc) is 2.53. The van der Waals surface area contributed by atoms with Gasteiger partial charge in [0.25, 0.3) is 0 Å². The molecule has 1 heterocycles. The van der Waals surface area contributed by atoms with Crippen LogP contribution >= 0.6 is 0 Å². The van der Waals surface area contributed by atoms with E-state index < -0.39 is 9.84 Å². The van der Waals surface area contributed by atoms with Gasteiger partial charge in [-0.25, -0.2) is 8.42 Å². The first-order valence-electron chi connectivity index (χ1n) is 5.90. The second-order valence-corrected chi connectivity index (χ2v) is 7.37. The molecule has 1 fully saturated rings. The Morgan fingerprint density at radius 3 is 2.65 bits per heavy atom. The van der Waals surface area contributed by atoms with Crippen LogP contribution < -0.4 is 5.32 Å². The van der Waals surface area contributed by atoms with Crippen LogP contribution in [0.5, 0.6) is 0 Å². The van der Waals surface area contributed by atoms with Crippen molar-refractivity contribution in [2.24, 2.45) is 0 Å². The van der Waals surface area contributed by atoms with Gasteiger partial charge in [0.1, 0.15) is 0 Å². The van der Waals surface area contributed by atoms with Crippen LogP contribution in [-0.2, 0) is 16.4 Å². The van der Waals surface area contributed by atoms with E-state index in [4.69, 9.17) is 0 Å². The van der Waals surface area contributed by atoms with Crippen molar-refractivity contribution in [3.05, 3.63) is 35.4 Å². The Morgan fingerprint density at radius 2 is 2.06 bits per heavy atom. The summed E-state index contributed by atoms with van der Waals surface area (Å²) in [6, 6.07) is 8.18. The molecule has 0 aliphatic carbocycles. The summed E-state index contributed by atoms with van der Waals surface area (Å²) in [5.41, 5.74) is 2.21. The molecule has 1 aliphatic heterocycles. The minimum Gasteiger partial charge on any atom is -0.306 e. The molecule has 0 spiro atoms. The predicted octanol–water partition coefficient (Wildman–Crippen LogP) is 1.66. The van der Waals surface area contributed by atoms with Crippen molar-refractivity contribution < 1.29 is 8.42 Å². The van der Waals surface area contributed by atoms with Gasteiger partial charge in [-0.3, -0.25) is 0 Å². The maximum atomic E-state index is 11.5. The molecule has 1 aliphatic rings. The van der Waals surface area contributed by atoms with Crippen molar-refractivity contribution >= 4 is 9.84 Å². The van der Waals surface area contributed by atoms with Crippen molar-refractivity contribution in [3.8, 4) is 0 Å². The summed E-state index contributed by atoms with van der Waals surface area (Å²) in [5.74, 6) is 0.566. The fourth-order valence-electron chi connectivity index (χ4n) is 2.27. The lowest BCUT2D eigenvalue weighted by Crippen LogP contribution is -2.42. The maximum absolute atomic E-state index is 11.5. The van der Waals surface area contributed by atoms with Gasteiger partial charge >= 0.3 is 0 Å². The summed E-state index contributed by atoms with van der Waals surface area (Å²) < 4.78 is 23.0. The smallest absolute Gasteiger partial charge is 0.152 e. The highest BCUT2D eigenvalue weighted by Crippen LogP contribution is 2.23. The number of hydrogen-bond donors (Lipinski definition) is 1. The Labute approximate surface area is 103 Å². The van der Waals surface area contributed by atoms with Crippen LogP contribution in [0.3, 0.4) is 0 Å². The van der Waals surface area contributed by atoms with Crippen molar-refractivity contribution in [1.82, 2.24) is 5.32 Å². The van der Waals surface area contributed by atoms with E-state index in [0.29, 0.717) is 12.2 Å². The van der Waals surface area contributed by atoms with E-state index in [1.54, 1.807) is 0 Å². The summed E-state index contributed by atoms with van der Waals surface area (Å²) in [6.07, 6.45) is 0.710. The molecule has 0 aromatic heterocycles. The molecule has 1 atom stereocenters. The Bertz CT molecular complexity index is 510. The first-order valence-corrected chi connectivity index (χ1v) is 7.72. The number of hydrogen-bond acceptors (Lipinski definition) is 3. The summed E-state index contributed by atoms with van der Waals surface area (Å²) in [5, 5.41) is 3.39. The van der Waals surface area contributed by atoms with E-state index in [1.807, 2.05) is 19.1 Å². The number of benzene rings is 1. The third-order valence-corrected chi connectivity index (χ3v) is 5.37. The minimum absolute atomic E-state index is 0.256. The molecule has 4 heteroatoms. The lowest BCUT2D eigenvalue weighted by atomic mass is 10.0. The van der Waals surface area contributed by atoms with Gasteiger partial charge in [0, 0.05) is 12.1 Å². The highest BCUT2D eigenvalue weighted by Gasteiger charge is 2.37. The highest BCUT2D eigenvalue weighted by atomic mass is 32.2. The van der Waals surface area contributed by atoms with Gasteiger partial charge in [0.05, 0.1) is 11.5 Å².